The Balaban J connectivity index is 1.25. The summed E-state index contributed by atoms with van der Waals surface area (Å²) in [5, 5.41) is 0. The van der Waals surface area contributed by atoms with Gasteiger partial charge in [-0.05, 0) is 30.5 Å². The van der Waals surface area contributed by atoms with Crippen LogP contribution in [0.4, 0.5) is 5.82 Å². The van der Waals surface area contributed by atoms with Gasteiger partial charge in [0.1, 0.15) is 12.1 Å². The van der Waals surface area contributed by atoms with Crippen LogP contribution in [0.2, 0.25) is 0 Å². The van der Waals surface area contributed by atoms with E-state index in [1.807, 2.05) is 41.3 Å². The second-order valence-corrected chi connectivity index (χ2v) is 8.59. The average Bonchev–Trinajstić information content (AvgIpc) is 3.40. The Hall–Kier alpha value is -3.25. The largest absolute Gasteiger partial charge is 0.357 e. The lowest BCUT2D eigenvalue weighted by Gasteiger charge is -2.34. The zero-order valence-electron chi connectivity index (χ0n) is 18.4. The van der Waals surface area contributed by atoms with E-state index in [1.54, 1.807) is 6.33 Å². The Morgan fingerprint density at radius 1 is 0.812 bits per heavy atom. The maximum atomic E-state index is 13.2. The smallest absolute Gasteiger partial charge is 0.253 e. The Morgan fingerprint density at radius 2 is 1.59 bits per heavy atom. The zero-order chi connectivity index (χ0) is 21.8. The van der Waals surface area contributed by atoms with E-state index < -0.39 is 0 Å². The minimum absolute atomic E-state index is 0.0973. The van der Waals surface area contributed by atoms with Crippen LogP contribution < -0.4 is 4.90 Å². The standard InChI is InChI=1S/C26H29N5O/c32-26(31-15-13-29(14-16-31)19-21-7-2-1-3-8-21)23-10-6-9-22(17-23)24-18-25(28-20-27-24)30-11-4-5-12-30/h1-3,6-10,17-18,20H,4-5,11-16,19H2. The van der Waals surface area contributed by atoms with Gasteiger partial charge in [-0.3, -0.25) is 9.69 Å². The summed E-state index contributed by atoms with van der Waals surface area (Å²) in [4.78, 5) is 28.8. The van der Waals surface area contributed by atoms with Crippen LogP contribution >= 0.6 is 0 Å². The number of aromatic nitrogens is 2. The van der Waals surface area contributed by atoms with Crippen LogP contribution in [0.1, 0.15) is 28.8 Å². The van der Waals surface area contributed by atoms with Crippen LogP contribution in [0, 0.1) is 0 Å². The van der Waals surface area contributed by atoms with Gasteiger partial charge in [-0.1, -0.05) is 42.5 Å². The molecule has 2 fully saturated rings. The minimum Gasteiger partial charge on any atom is -0.357 e. The summed E-state index contributed by atoms with van der Waals surface area (Å²) >= 11 is 0. The number of hydrogen-bond donors (Lipinski definition) is 0. The van der Waals surface area contributed by atoms with Gasteiger partial charge in [0.15, 0.2) is 0 Å². The van der Waals surface area contributed by atoms with Crippen molar-refractivity contribution in [3.8, 4) is 11.3 Å². The number of hydrogen-bond acceptors (Lipinski definition) is 5. The fourth-order valence-electron chi connectivity index (χ4n) is 4.57. The van der Waals surface area contributed by atoms with Crippen molar-refractivity contribution in [1.82, 2.24) is 19.8 Å². The lowest BCUT2D eigenvalue weighted by atomic mass is 10.1. The third-order valence-corrected chi connectivity index (χ3v) is 6.40. The van der Waals surface area contributed by atoms with Gasteiger partial charge in [-0.2, -0.15) is 0 Å². The lowest BCUT2D eigenvalue weighted by Crippen LogP contribution is -2.48. The number of carbonyl (C=O) groups excluding carboxylic acids is 1. The van der Waals surface area contributed by atoms with E-state index >= 15 is 0 Å². The van der Waals surface area contributed by atoms with Crippen molar-refractivity contribution < 1.29 is 4.79 Å². The van der Waals surface area contributed by atoms with Crippen molar-refractivity contribution in [2.75, 3.05) is 44.2 Å². The first kappa shape index (κ1) is 20.6. The van der Waals surface area contributed by atoms with Gasteiger partial charge < -0.3 is 9.80 Å². The third kappa shape index (κ3) is 4.65. The van der Waals surface area contributed by atoms with E-state index in [1.165, 1.54) is 18.4 Å². The molecule has 0 saturated carbocycles. The first-order chi connectivity index (χ1) is 15.8. The van der Waals surface area contributed by atoms with Crippen molar-refractivity contribution >= 4 is 11.7 Å². The fraction of sp³-hybridized carbons (Fsp3) is 0.346. The summed E-state index contributed by atoms with van der Waals surface area (Å²) in [6, 6.07) is 20.4. The van der Waals surface area contributed by atoms with Gasteiger partial charge >= 0.3 is 0 Å². The molecule has 6 heteroatoms. The monoisotopic (exact) mass is 427 g/mol. The van der Waals surface area contributed by atoms with Crippen LogP contribution in [0.15, 0.2) is 67.0 Å². The van der Waals surface area contributed by atoms with Crippen LogP contribution in [0.5, 0.6) is 0 Å². The number of rotatable bonds is 5. The average molecular weight is 428 g/mol. The highest BCUT2D eigenvalue weighted by molar-refractivity contribution is 5.95. The van der Waals surface area contributed by atoms with Gasteiger partial charge in [0, 0.05) is 63.0 Å². The Kier molecular flexibility index (Phi) is 6.12. The molecule has 164 valence electrons. The molecule has 32 heavy (non-hydrogen) atoms. The molecule has 3 aromatic rings. The number of carbonyl (C=O) groups is 1. The molecular formula is C26H29N5O. The van der Waals surface area contributed by atoms with Crippen molar-refractivity contribution in [2.24, 2.45) is 0 Å². The molecule has 0 unspecified atom stereocenters. The predicted molar refractivity (Wildman–Crippen MR) is 127 cm³/mol. The quantitative estimate of drug-likeness (QED) is 0.621. The van der Waals surface area contributed by atoms with Crippen molar-refractivity contribution in [1.29, 1.82) is 0 Å². The molecule has 1 amide bonds. The summed E-state index contributed by atoms with van der Waals surface area (Å²) in [7, 11) is 0. The predicted octanol–water partition coefficient (Wildman–Crippen LogP) is 3.70. The van der Waals surface area contributed by atoms with Crippen molar-refractivity contribution in [3.63, 3.8) is 0 Å². The number of benzene rings is 2. The van der Waals surface area contributed by atoms with E-state index in [0.29, 0.717) is 0 Å². The summed E-state index contributed by atoms with van der Waals surface area (Å²) in [5.41, 5.74) is 3.86. The highest BCUT2D eigenvalue weighted by Crippen LogP contribution is 2.24. The molecule has 2 aliphatic heterocycles. The van der Waals surface area contributed by atoms with Gasteiger partial charge in [-0.25, -0.2) is 9.97 Å². The number of nitrogens with zero attached hydrogens (tertiary/aromatic N) is 5. The molecule has 0 atom stereocenters. The van der Waals surface area contributed by atoms with E-state index in [4.69, 9.17) is 0 Å². The summed E-state index contributed by atoms with van der Waals surface area (Å²) in [5.74, 6) is 1.07. The first-order valence-corrected chi connectivity index (χ1v) is 11.5. The molecule has 2 aliphatic rings. The topological polar surface area (TPSA) is 52.6 Å². The summed E-state index contributed by atoms with van der Waals surface area (Å²) in [6.07, 6.45) is 4.05. The summed E-state index contributed by atoms with van der Waals surface area (Å²) in [6.45, 7) is 6.32. The van der Waals surface area contributed by atoms with Gasteiger partial charge in [0.25, 0.3) is 5.91 Å². The molecule has 6 nitrogen and oxygen atoms in total. The molecule has 2 saturated heterocycles. The second kappa shape index (κ2) is 9.49. The SMILES string of the molecule is O=C(c1cccc(-c2cc(N3CCCC3)ncn2)c1)N1CCN(Cc2ccccc2)CC1. The van der Waals surface area contributed by atoms with E-state index in [0.717, 1.165) is 68.5 Å². The Bertz CT molecular complexity index is 1060. The molecule has 1 aromatic heterocycles. The van der Waals surface area contributed by atoms with Crippen LogP contribution in [-0.2, 0) is 6.54 Å². The molecular weight excluding hydrogens is 398 g/mol. The van der Waals surface area contributed by atoms with Gasteiger partial charge in [0.05, 0.1) is 5.69 Å². The van der Waals surface area contributed by atoms with Crippen molar-refractivity contribution in [2.45, 2.75) is 19.4 Å². The van der Waals surface area contributed by atoms with Crippen LogP contribution in [-0.4, -0.2) is 64.9 Å². The Labute approximate surface area is 189 Å². The molecule has 5 rings (SSSR count). The number of anilines is 1. The van der Waals surface area contributed by atoms with E-state index in [9.17, 15) is 4.79 Å². The van der Waals surface area contributed by atoms with E-state index in [-0.39, 0.29) is 5.91 Å². The third-order valence-electron chi connectivity index (χ3n) is 6.40. The normalized spacial score (nSPS) is 17.0. The van der Waals surface area contributed by atoms with Crippen molar-refractivity contribution in [3.05, 3.63) is 78.1 Å². The molecule has 3 heterocycles. The van der Waals surface area contributed by atoms with Crippen LogP contribution in [0.25, 0.3) is 11.3 Å². The second-order valence-electron chi connectivity index (χ2n) is 8.59. The number of piperazine rings is 1. The zero-order valence-corrected chi connectivity index (χ0v) is 18.4. The summed E-state index contributed by atoms with van der Waals surface area (Å²) < 4.78 is 0. The maximum absolute atomic E-state index is 13.2. The lowest BCUT2D eigenvalue weighted by molar-refractivity contribution is 0.0628. The Morgan fingerprint density at radius 3 is 2.38 bits per heavy atom. The molecule has 0 bridgehead atoms. The highest BCUT2D eigenvalue weighted by atomic mass is 16.2. The molecule has 2 aromatic carbocycles. The molecule has 0 aliphatic carbocycles. The maximum Gasteiger partial charge on any atom is 0.253 e. The van der Waals surface area contributed by atoms with Gasteiger partial charge in [0.2, 0.25) is 0 Å². The minimum atomic E-state index is 0.0973. The highest BCUT2D eigenvalue weighted by Gasteiger charge is 2.22. The van der Waals surface area contributed by atoms with Gasteiger partial charge in [-0.15, -0.1) is 0 Å². The molecule has 0 radical (unpaired) electrons. The molecule has 0 spiro atoms. The number of amides is 1. The fourth-order valence-corrected chi connectivity index (χ4v) is 4.57. The van der Waals surface area contributed by atoms with E-state index in [2.05, 4.69) is 44.0 Å². The first-order valence-electron chi connectivity index (χ1n) is 11.5. The molecule has 0 N–H and O–H groups in total. The van der Waals surface area contributed by atoms with Crippen LogP contribution in [0.3, 0.4) is 0 Å².